The van der Waals surface area contributed by atoms with Crippen molar-refractivity contribution in [1.82, 2.24) is 0 Å². The average molecular weight is 450 g/mol. The summed E-state index contributed by atoms with van der Waals surface area (Å²) in [5.74, 6) is -0.101. The van der Waals surface area contributed by atoms with Gasteiger partial charge in [-0.2, -0.15) is 0 Å². The van der Waals surface area contributed by atoms with Gasteiger partial charge in [-0.05, 0) is 54.4 Å². The van der Waals surface area contributed by atoms with E-state index in [2.05, 4.69) is 10.0 Å². The molecular formula is C24H23N3O4S. The summed E-state index contributed by atoms with van der Waals surface area (Å²) < 4.78 is 27.5. The van der Waals surface area contributed by atoms with Crippen LogP contribution in [0.2, 0.25) is 0 Å². The highest BCUT2D eigenvalue weighted by Crippen LogP contribution is 2.22. The van der Waals surface area contributed by atoms with Crippen LogP contribution >= 0.6 is 0 Å². The van der Waals surface area contributed by atoms with Gasteiger partial charge in [-0.3, -0.25) is 14.3 Å². The average Bonchev–Trinajstić information content (AvgIpc) is 3.20. The summed E-state index contributed by atoms with van der Waals surface area (Å²) in [6.07, 6.45) is 1.60. The van der Waals surface area contributed by atoms with Crippen LogP contribution in [-0.2, 0) is 26.0 Å². The zero-order valence-electron chi connectivity index (χ0n) is 17.3. The molecule has 32 heavy (non-hydrogen) atoms. The van der Waals surface area contributed by atoms with E-state index >= 15 is 0 Å². The Kier molecular flexibility index (Phi) is 6.23. The number of hydrogen-bond acceptors (Lipinski definition) is 4. The van der Waals surface area contributed by atoms with Gasteiger partial charge in [0.25, 0.3) is 10.0 Å². The molecule has 1 heterocycles. The number of amides is 2. The Hall–Kier alpha value is -3.65. The molecule has 0 aromatic heterocycles. The standard InChI is InChI=1S/C24H23N3O4S/c28-23(16-18-11-13-21(14-12-18)27-15-5-10-24(27)29)25-19-6-4-7-20(17-19)26-32(30,31)22-8-2-1-3-9-22/h1-4,6-9,11-14,17,26H,5,10,15-16H2,(H,25,28). The van der Waals surface area contributed by atoms with E-state index in [1.165, 1.54) is 12.1 Å². The second-order valence-corrected chi connectivity index (χ2v) is 9.22. The first-order valence-electron chi connectivity index (χ1n) is 10.3. The zero-order chi connectivity index (χ0) is 22.6. The lowest BCUT2D eigenvalue weighted by Crippen LogP contribution is -2.23. The summed E-state index contributed by atoms with van der Waals surface area (Å²) >= 11 is 0. The Labute approximate surface area is 187 Å². The van der Waals surface area contributed by atoms with E-state index in [4.69, 9.17) is 0 Å². The molecule has 0 saturated carbocycles. The fourth-order valence-electron chi connectivity index (χ4n) is 3.58. The molecule has 0 unspecified atom stereocenters. The molecule has 0 aliphatic carbocycles. The Morgan fingerprint density at radius 1 is 0.906 bits per heavy atom. The fourth-order valence-corrected chi connectivity index (χ4v) is 4.65. The molecule has 3 aromatic rings. The lowest BCUT2D eigenvalue weighted by molar-refractivity contribution is -0.117. The van der Waals surface area contributed by atoms with Gasteiger partial charge in [0, 0.05) is 24.3 Å². The van der Waals surface area contributed by atoms with Gasteiger partial charge < -0.3 is 10.2 Å². The maximum Gasteiger partial charge on any atom is 0.261 e. The van der Waals surface area contributed by atoms with Crippen molar-refractivity contribution in [2.24, 2.45) is 0 Å². The second-order valence-electron chi connectivity index (χ2n) is 7.54. The Balaban J connectivity index is 1.38. The molecule has 4 rings (SSSR count). The Bertz CT molecular complexity index is 1230. The largest absolute Gasteiger partial charge is 0.326 e. The van der Waals surface area contributed by atoms with Crippen molar-refractivity contribution >= 4 is 38.9 Å². The number of benzene rings is 3. The first-order valence-corrected chi connectivity index (χ1v) is 11.8. The summed E-state index contributed by atoms with van der Waals surface area (Å²) in [4.78, 5) is 26.2. The number of anilines is 3. The van der Waals surface area contributed by atoms with Crippen LogP contribution in [0.25, 0.3) is 0 Å². The topological polar surface area (TPSA) is 95.6 Å². The number of nitrogens with one attached hydrogen (secondary N) is 2. The van der Waals surface area contributed by atoms with E-state index in [-0.39, 0.29) is 23.1 Å². The molecule has 1 aliphatic heterocycles. The molecule has 0 radical (unpaired) electrons. The second kappa shape index (κ2) is 9.23. The fraction of sp³-hybridized carbons (Fsp3) is 0.167. The van der Waals surface area contributed by atoms with Crippen LogP contribution in [-0.4, -0.2) is 26.8 Å². The van der Waals surface area contributed by atoms with E-state index in [1.54, 1.807) is 47.4 Å². The van der Waals surface area contributed by atoms with Gasteiger partial charge in [-0.25, -0.2) is 8.42 Å². The highest BCUT2D eigenvalue weighted by atomic mass is 32.2. The monoisotopic (exact) mass is 449 g/mol. The predicted molar refractivity (Wildman–Crippen MR) is 124 cm³/mol. The molecule has 3 aromatic carbocycles. The van der Waals surface area contributed by atoms with Crippen molar-refractivity contribution in [2.45, 2.75) is 24.2 Å². The Morgan fingerprint density at radius 3 is 2.31 bits per heavy atom. The van der Waals surface area contributed by atoms with Crippen molar-refractivity contribution < 1.29 is 18.0 Å². The van der Waals surface area contributed by atoms with Crippen LogP contribution in [0.4, 0.5) is 17.1 Å². The maximum atomic E-state index is 12.5. The maximum absolute atomic E-state index is 12.5. The van der Waals surface area contributed by atoms with Crippen molar-refractivity contribution in [3.63, 3.8) is 0 Å². The Morgan fingerprint density at radius 2 is 1.62 bits per heavy atom. The molecule has 2 N–H and O–H groups in total. The van der Waals surface area contributed by atoms with Crippen LogP contribution in [0.5, 0.6) is 0 Å². The van der Waals surface area contributed by atoms with Crippen LogP contribution < -0.4 is 14.9 Å². The highest BCUT2D eigenvalue weighted by molar-refractivity contribution is 7.92. The van der Waals surface area contributed by atoms with E-state index in [9.17, 15) is 18.0 Å². The predicted octanol–water partition coefficient (Wildman–Crippen LogP) is 3.80. The quantitative estimate of drug-likeness (QED) is 0.574. The third kappa shape index (κ3) is 5.15. The summed E-state index contributed by atoms with van der Waals surface area (Å²) in [6, 6.07) is 22.0. The van der Waals surface area contributed by atoms with Crippen molar-refractivity contribution in [3.8, 4) is 0 Å². The van der Waals surface area contributed by atoms with Gasteiger partial charge >= 0.3 is 0 Å². The van der Waals surface area contributed by atoms with Gasteiger partial charge in [-0.15, -0.1) is 0 Å². The summed E-state index contributed by atoms with van der Waals surface area (Å²) in [7, 11) is -3.71. The molecule has 0 atom stereocenters. The first kappa shape index (κ1) is 21.6. The zero-order valence-corrected chi connectivity index (χ0v) is 18.1. The number of nitrogens with zero attached hydrogens (tertiary/aromatic N) is 1. The molecule has 8 heteroatoms. The van der Waals surface area contributed by atoms with Crippen molar-refractivity contribution in [1.29, 1.82) is 0 Å². The van der Waals surface area contributed by atoms with Crippen molar-refractivity contribution in [3.05, 3.63) is 84.4 Å². The molecule has 2 amide bonds. The van der Waals surface area contributed by atoms with Crippen LogP contribution in [0, 0.1) is 0 Å². The summed E-state index contributed by atoms with van der Waals surface area (Å²) in [5, 5.41) is 2.79. The molecular weight excluding hydrogens is 426 g/mol. The summed E-state index contributed by atoms with van der Waals surface area (Å²) in [5.41, 5.74) is 2.50. The third-order valence-corrected chi connectivity index (χ3v) is 6.54. The minimum atomic E-state index is -3.71. The van der Waals surface area contributed by atoms with Gasteiger partial charge in [-0.1, -0.05) is 36.4 Å². The third-order valence-electron chi connectivity index (χ3n) is 5.14. The van der Waals surface area contributed by atoms with Crippen LogP contribution in [0.15, 0.2) is 83.8 Å². The van der Waals surface area contributed by atoms with E-state index < -0.39 is 10.0 Å². The number of sulfonamides is 1. The van der Waals surface area contributed by atoms with E-state index in [0.717, 1.165) is 24.2 Å². The molecule has 7 nitrogen and oxygen atoms in total. The lowest BCUT2D eigenvalue weighted by Gasteiger charge is -2.16. The number of carbonyl (C=O) groups excluding carboxylic acids is 2. The number of carbonyl (C=O) groups is 2. The highest BCUT2D eigenvalue weighted by Gasteiger charge is 2.21. The molecule has 1 saturated heterocycles. The minimum Gasteiger partial charge on any atom is -0.326 e. The SMILES string of the molecule is O=C(Cc1ccc(N2CCCC2=O)cc1)Nc1cccc(NS(=O)(=O)c2ccccc2)c1. The van der Waals surface area contributed by atoms with Gasteiger partial charge in [0.1, 0.15) is 0 Å². The molecule has 0 spiro atoms. The molecule has 164 valence electrons. The van der Waals surface area contributed by atoms with Crippen LogP contribution in [0.3, 0.4) is 0 Å². The van der Waals surface area contributed by atoms with Crippen molar-refractivity contribution in [2.75, 3.05) is 21.5 Å². The number of rotatable bonds is 7. The van der Waals surface area contributed by atoms with Crippen LogP contribution in [0.1, 0.15) is 18.4 Å². The smallest absolute Gasteiger partial charge is 0.261 e. The van der Waals surface area contributed by atoms with E-state index in [1.807, 2.05) is 24.3 Å². The normalized spacial score (nSPS) is 13.8. The molecule has 1 aliphatic rings. The van der Waals surface area contributed by atoms with Gasteiger partial charge in [0.15, 0.2) is 0 Å². The van der Waals surface area contributed by atoms with Gasteiger partial charge in [0.05, 0.1) is 17.0 Å². The number of hydrogen-bond donors (Lipinski definition) is 2. The first-order chi connectivity index (χ1) is 15.4. The van der Waals surface area contributed by atoms with Gasteiger partial charge in [0.2, 0.25) is 11.8 Å². The lowest BCUT2D eigenvalue weighted by atomic mass is 10.1. The molecule has 0 bridgehead atoms. The molecule has 1 fully saturated rings. The van der Waals surface area contributed by atoms with E-state index in [0.29, 0.717) is 17.8 Å². The summed E-state index contributed by atoms with van der Waals surface area (Å²) in [6.45, 7) is 0.725. The minimum absolute atomic E-state index is 0.123.